The molecule has 0 spiro atoms. The van der Waals surface area contributed by atoms with Crippen molar-refractivity contribution in [2.24, 2.45) is 0 Å². The lowest BCUT2D eigenvalue weighted by molar-refractivity contribution is 0.241. The molecule has 1 aliphatic rings. The van der Waals surface area contributed by atoms with E-state index < -0.39 is 0 Å². The summed E-state index contributed by atoms with van der Waals surface area (Å²) >= 11 is 0. The van der Waals surface area contributed by atoms with Crippen LogP contribution in [0.2, 0.25) is 0 Å². The van der Waals surface area contributed by atoms with Crippen molar-refractivity contribution in [1.82, 2.24) is 24.6 Å². The van der Waals surface area contributed by atoms with E-state index in [0.717, 1.165) is 34.7 Å². The minimum Gasteiger partial charge on any atom is -0.399 e. The number of hydrogen-bond acceptors (Lipinski definition) is 5. The monoisotopic (exact) mass is 430 g/mol. The summed E-state index contributed by atoms with van der Waals surface area (Å²) in [7, 11) is 0. The van der Waals surface area contributed by atoms with Crippen LogP contribution in [-0.4, -0.2) is 31.2 Å². The highest BCUT2D eigenvalue weighted by Crippen LogP contribution is 2.22. The first kappa shape index (κ1) is 20.1. The zero-order chi connectivity index (χ0) is 22.2. The van der Waals surface area contributed by atoms with Gasteiger partial charge in [-0.3, -0.25) is 9.69 Å². The van der Waals surface area contributed by atoms with Gasteiger partial charge in [-0.2, -0.15) is 5.10 Å². The number of benzene rings is 2. The third-order valence-electron chi connectivity index (χ3n) is 5.82. The number of nitrogens with one attached hydrogen (secondary N) is 1. The zero-order valence-corrected chi connectivity index (χ0v) is 17.7. The molecule has 0 bridgehead atoms. The first-order chi connectivity index (χ1) is 15.5. The molecule has 0 unspecified atom stereocenters. The van der Waals surface area contributed by atoms with E-state index >= 15 is 0 Å². The predicted octanol–water partition coefficient (Wildman–Crippen LogP) is 3.21. The summed E-state index contributed by atoms with van der Waals surface area (Å²) in [5.41, 5.74) is 11.5. The second kappa shape index (κ2) is 8.05. The van der Waals surface area contributed by atoms with Crippen LogP contribution in [-0.2, 0) is 19.5 Å². The van der Waals surface area contributed by atoms with Gasteiger partial charge in [0.15, 0.2) is 0 Å². The van der Waals surface area contributed by atoms with Crippen molar-refractivity contribution >= 4 is 5.69 Å². The molecule has 3 N–H and O–H groups in total. The molecule has 0 fully saturated rings. The maximum atomic E-state index is 13.2. The summed E-state index contributed by atoms with van der Waals surface area (Å²) in [6.45, 7) is 3.96. The van der Waals surface area contributed by atoms with Crippen LogP contribution in [0.25, 0.3) is 17.1 Å². The molecule has 2 aromatic carbocycles. The largest absolute Gasteiger partial charge is 0.399 e. The third-order valence-corrected chi connectivity index (χ3v) is 5.82. The number of nitrogens with two attached hydrogens (primary N) is 1. The number of rotatable bonds is 4. The van der Waals surface area contributed by atoms with Crippen LogP contribution in [0, 0.1) is 12.7 Å². The fraction of sp³-hybridized carbons (Fsp3) is 0.208. The summed E-state index contributed by atoms with van der Waals surface area (Å²) in [5.74, 6) is 0.293. The lowest BCUT2D eigenvalue weighted by atomic mass is 10.1. The van der Waals surface area contributed by atoms with Gasteiger partial charge in [-0.15, -0.1) is 0 Å². The normalized spacial score (nSPS) is 13.8. The molecule has 32 heavy (non-hydrogen) atoms. The van der Waals surface area contributed by atoms with Gasteiger partial charge in [0.25, 0.3) is 5.56 Å². The van der Waals surface area contributed by atoms with Crippen molar-refractivity contribution in [3.63, 3.8) is 0 Å². The molecule has 0 saturated carbocycles. The van der Waals surface area contributed by atoms with E-state index in [4.69, 9.17) is 10.7 Å². The van der Waals surface area contributed by atoms with Gasteiger partial charge in [0.05, 0.1) is 22.6 Å². The number of hydrogen-bond donors (Lipinski definition) is 2. The van der Waals surface area contributed by atoms with Gasteiger partial charge in [0, 0.05) is 49.1 Å². The standard InChI is InChI=1S/C24H23FN6O/c1-15-17(13-31(29-15)20-8-4-18(25)5-9-20)12-30-11-10-22-21(14-30)24(32)28-23(27-22)16-2-6-19(26)7-3-16/h2-9,13H,10-12,14,26H2,1H3,(H,27,28,32). The second-order valence-electron chi connectivity index (χ2n) is 8.08. The average molecular weight is 430 g/mol. The van der Waals surface area contributed by atoms with Crippen LogP contribution < -0.4 is 11.3 Å². The topological polar surface area (TPSA) is 92.8 Å². The van der Waals surface area contributed by atoms with Crippen molar-refractivity contribution in [2.75, 3.05) is 12.3 Å². The van der Waals surface area contributed by atoms with Crippen molar-refractivity contribution in [3.8, 4) is 17.1 Å². The number of nitrogens with zero attached hydrogens (tertiary/aromatic N) is 4. The number of aromatic amines is 1. The minimum atomic E-state index is -0.275. The molecule has 1 aliphatic heterocycles. The summed E-state index contributed by atoms with van der Waals surface area (Å²) in [6.07, 6.45) is 2.66. The van der Waals surface area contributed by atoms with Crippen LogP contribution in [0.5, 0.6) is 0 Å². The Morgan fingerprint density at radius 3 is 2.62 bits per heavy atom. The number of H-pyrrole nitrogens is 1. The Morgan fingerprint density at radius 2 is 1.88 bits per heavy atom. The van der Waals surface area contributed by atoms with Gasteiger partial charge in [0.2, 0.25) is 0 Å². The lowest BCUT2D eigenvalue weighted by Crippen LogP contribution is -2.35. The summed E-state index contributed by atoms with van der Waals surface area (Å²) in [5, 5.41) is 4.57. The number of nitrogen functional groups attached to an aromatic ring is 1. The van der Waals surface area contributed by atoms with Gasteiger partial charge in [-0.25, -0.2) is 14.1 Å². The molecular formula is C24H23FN6O. The molecule has 7 nitrogen and oxygen atoms in total. The van der Waals surface area contributed by atoms with Gasteiger partial charge in [0.1, 0.15) is 11.6 Å². The molecular weight excluding hydrogens is 407 g/mol. The highest BCUT2D eigenvalue weighted by molar-refractivity contribution is 5.58. The summed E-state index contributed by atoms with van der Waals surface area (Å²) in [6, 6.07) is 13.6. The molecule has 5 rings (SSSR count). The van der Waals surface area contributed by atoms with Crippen molar-refractivity contribution in [2.45, 2.75) is 26.4 Å². The third kappa shape index (κ3) is 3.92. The maximum absolute atomic E-state index is 13.2. The molecule has 162 valence electrons. The van der Waals surface area contributed by atoms with Crippen molar-refractivity contribution < 1.29 is 4.39 Å². The number of anilines is 1. The Morgan fingerprint density at radius 1 is 1.12 bits per heavy atom. The highest BCUT2D eigenvalue weighted by Gasteiger charge is 2.22. The number of halogens is 1. The van der Waals surface area contributed by atoms with Gasteiger partial charge in [-0.1, -0.05) is 0 Å². The van der Waals surface area contributed by atoms with Crippen LogP contribution in [0.15, 0.2) is 59.5 Å². The molecule has 0 amide bonds. The average Bonchev–Trinajstić information content (AvgIpc) is 3.15. The van der Waals surface area contributed by atoms with Crippen molar-refractivity contribution in [3.05, 3.63) is 93.4 Å². The Bertz CT molecular complexity index is 1320. The fourth-order valence-corrected chi connectivity index (χ4v) is 4.01. The van der Waals surface area contributed by atoms with E-state index in [2.05, 4.69) is 15.0 Å². The van der Waals surface area contributed by atoms with Gasteiger partial charge < -0.3 is 10.7 Å². The molecule has 3 heterocycles. The molecule has 8 heteroatoms. The van der Waals surface area contributed by atoms with Crippen LogP contribution in [0.3, 0.4) is 0 Å². The molecule has 4 aromatic rings. The van der Waals surface area contributed by atoms with E-state index in [9.17, 15) is 9.18 Å². The Balaban J connectivity index is 1.35. The Hall–Kier alpha value is -3.78. The van der Waals surface area contributed by atoms with Crippen LogP contribution in [0.4, 0.5) is 10.1 Å². The van der Waals surface area contributed by atoms with E-state index in [0.29, 0.717) is 36.6 Å². The zero-order valence-electron chi connectivity index (χ0n) is 17.7. The Kier molecular flexibility index (Phi) is 5.07. The first-order valence-electron chi connectivity index (χ1n) is 10.5. The SMILES string of the molecule is Cc1nn(-c2ccc(F)cc2)cc1CN1CCc2nc(-c3ccc(N)cc3)[nH]c(=O)c2C1. The fourth-order valence-electron chi connectivity index (χ4n) is 4.01. The predicted molar refractivity (Wildman–Crippen MR) is 121 cm³/mol. The van der Waals surface area contributed by atoms with Gasteiger partial charge in [-0.05, 0) is 55.5 Å². The summed E-state index contributed by atoms with van der Waals surface area (Å²) < 4.78 is 15.0. The second-order valence-corrected chi connectivity index (χ2v) is 8.08. The van der Waals surface area contributed by atoms with E-state index in [1.165, 1.54) is 12.1 Å². The van der Waals surface area contributed by atoms with Crippen LogP contribution in [0.1, 0.15) is 22.5 Å². The molecule has 0 aliphatic carbocycles. The quantitative estimate of drug-likeness (QED) is 0.485. The number of aryl methyl sites for hydroxylation is 1. The molecule has 2 aromatic heterocycles. The highest BCUT2D eigenvalue weighted by atomic mass is 19.1. The summed E-state index contributed by atoms with van der Waals surface area (Å²) in [4.78, 5) is 22.7. The smallest absolute Gasteiger partial charge is 0.255 e. The van der Waals surface area contributed by atoms with E-state index in [1.54, 1.807) is 28.9 Å². The lowest BCUT2D eigenvalue weighted by Gasteiger charge is -2.27. The van der Waals surface area contributed by atoms with Crippen LogP contribution >= 0.6 is 0 Å². The molecule has 0 radical (unpaired) electrons. The maximum Gasteiger partial charge on any atom is 0.255 e. The van der Waals surface area contributed by atoms with Crippen molar-refractivity contribution in [1.29, 1.82) is 0 Å². The van der Waals surface area contributed by atoms with E-state index in [1.807, 2.05) is 25.3 Å². The minimum absolute atomic E-state index is 0.106. The number of fused-ring (bicyclic) bond motifs is 1. The molecule has 0 saturated heterocycles. The molecule has 0 atom stereocenters. The first-order valence-corrected chi connectivity index (χ1v) is 10.5. The van der Waals surface area contributed by atoms with Gasteiger partial charge >= 0.3 is 0 Å². The Labute approximate surface area is 184 Å². The number of aromatic nitrogens is 4. The van der Waals surface area contributed by atoms with E-state index in [-0.39, 0.29) is 11.4 Å².